The third kappa shape index (κ3) is 6.39. The highest BCUT2D eigenvalue weighted by molar-refractivity contribution is 7.31. The standard InChI is InChI=1S/C5H13OP/c1-5(2,3)6-7-4/h7H,1-4H3. The van der Waals surface area contributed by atoms with Crippen molar-refractivity contribution in [1.29, 1.82) is 0 Å². The van der Waals surface area contributed by atoms with Crippen molar-refractivity contribution in [3.63, 3.8) is 0 Å². The third-order valence-corrected chi connectivity index (χ3v) is 1.22. The number of rotatable bonds is 1. The minimum atomic E-state index is 0.0627. The highest BCUT2D eigenvalue weighted by Gasteiger charge is 2.06. The van der Waals surface area contributed by atoms with Gasteiger partial charge in [-0.2, -0.15) is 0 Å². The molecule has 0 saturated carbocycles. The first kappa shape index (κ1) is 7.39. The van der Waals surface area contributed by atoms with E-state index in [1.807, 2.05) is 6.66 Å². The summed E-state index contributed by atoms with van der Waals surface area (Å²) in [6.45, 7) is 8.21. The van der Waals surface area contributed by atoms with E-state index in [2.05, 4.69) is 20.8 Å². The van der Waals surface area contributed by atoms with E-state index in [-0.39, 0.29) is 5.60 Å². The van der Waals surface area contributed by atoms with Gasteiger partial charge in [-0.3, -0.25) is 0 Å². The molecule has 0 aromatic rings. The molecule has 0 radical (unpaired) electrons. The molecule has 0 heterocycles. The number of hydrogen-bond donors (Lipinski definition) is 0. The van der Waals surface area contributed by atoms with Crippen molar-refractivity contribution >= 4 is 8.81 Å². The van der Waals surface area contributed by atoms with Crippen LogP contribution in [0.2, 0.25) is 0 Å². The molecule has 0 aromatic carbocycles. The summed E-state index contributed by atoms with van der Waals surface area (Å²) in [5.74, 6) is 0. The Kier molecular flexibility index (Phi) is 2.78. The molecule has 0 aliphatic rings. The SMILES string of the molecule is CPOC(C)(C)C. The van der Waals surface area contributed by atoms with E-state index in [0.29, 0.717) is 8.81 Å². The summed E-state index contributed by atoms with van der Waals surface area (Å²) >= 11 is 0. The van der Waals surface area contributed by atoms with Crippen LogP contribution in [-0.2, 0) is 4.52 Å². The van der Waals surface area contributed by atoms with Crippen LogP contribution < -0.4 is 0 Å². The second kappa shape index (κ2) is 2.64. The van der Waals surface area contributed by atoms with Gasteiger partial charge < -0.3 is 4.52 Å². The molecule has 1 unspecified atom stereocenters. The van der Waals surface area contributed by atoms with Crippen LogP contribution in [0.5, 0.6) is 0 Å². The monoisotopic (exact) mass is 120 g/mol. The van der Waals surface area contributed by atoms with E-state index in [1.165, 1.54) is 0 Å². The smallest absolute Gasteiger partial charge is 0.0637 e. The molecule has 0 N–H and O–H groups in total. The Bertz CT molecular complexity index is 46.5. The number of hydrogen-bond acceptors (Lipinski definition) is 1. The van der Waals surface area contributed by atoms with Gasteiger partial charge in [0.2, 0.25) is 0 Å². The highest BCUT2D eigenvalue weighted by atomic mass is 31.1. The van der Waals surface area contributed by atoms with E-state index >= 15 is 0 Å². The molecule has 0 rings (SSSR count). The molecule has 0 aromatic heterocycles. The van der Waals surface area contributed by atoms with Gasteiger partial charge in [0.1, 0.15) is 0 Å². The Morgan fingerprint density at radius 1 is 1.29 bits per heavy atom. The van der Waals surface area contributed by atoms with Crippen LogP contribution in [-0.4, -0.2) is 12.3 Å². The fraction of sp³-hybridized carbons (Fsp3) is 1.00. The minimum absolute atomic E-state index is 0.0627. The third-order valence-electron chi connectivity index (χ3n) is 0.408. The average molecular weight is 120 g/mol. The molecule has 0 aliphatic carbocycles. The van der Waals surface area contributed by atoms with E-state index in [0.717, 1.165) is 0 Å². The zero-order valence-electron chi connectivity index (χ0n) is 5.41. The average Bonchev–Trinajstić information content (AvgIpc) is 1.30. The fourth-order valence-electron chi connectivity index (χ4n) is 0.306. The van der Waals surface area contributed by atoms with Gasteiger partial charge in [-0.1, -0.05) is 0 Å². The zero-order valence-corrected chi connectivity index (χ0v) is 6.41. The van der Waals surface area contributed by atoms with Crippen molar-refractivity contribution in [2.45, 2.75) is 26.4 Å². The van der Waals surface area contributed by atoms with Crippen molar-refractivity contribution in [3.05, 3.63) is 0 Å². The zero-order chi connectivity index (χ0) is 5.91. The van der Waals surface area contributed by atoms with Gasteiger partial charge in [0.15, 0.2) is 0 Å². The van der Waals surface area contributed by atoms with Crippen LogP contribution in [0.4, 0.5) is 0 Å². The van der Waals surface area contributed by atoms with Gasteiger partial charge in [-0.15, -0.1) is 0 Å². The highest BCUT2D eigenvalue weighted by Crippen LogP contribution is 2.17. The molecule has 0 spiro atoms. The van der Waals surface area contributed by atoms with Gasteiger partial charge in [0.05, 0.1) is 5.60 Å². The van der Waals surface area contributed by atoms with Gasteiger partial charge >= 0.3 is 0 Å². The minimum Gasteiger partial charge on any atom is -0.357 e. The van der Waals surface area contributed by atoms with Crippen LogP contribution in [0.1, 0.15) is 20.8 Å². The Hall–Kier alpha value is 0.390. The van der Waals surface area contributed by atoms with Gasteiger partial charge in [0, 0.05) is 8.81 Å². The molecule has 0 amide bonds. The molecule has 7 heavy (non-hydrogen) atoms. The van der Waals surface area contributed by atoms with Crippen LogP contribution in [0, 0.1) is 0 Å². The van der Waals surface area contributed by atoms with Crippen LogP contribution in [0.25, 0.3) is 0 Å². The summed E-state index contributed by atoms with van der Waals surface area (Å²) in [5, 5.41) is 0. The fourth-order valence-corrected chi connectivity index (χ4v) is 0.919. The lowest BCUT2D eigenvalue weighted by molar-refractivity contribution is 0.158. The summed E-state index contributed by atoms with van der Waals surface area (Å²) in [6, 6.07) is 0. The Balaban J connectivity index is 3.15. The summed E-state index contributed by atoms with van der Waals surface area (Å²) in [6.07, 6.45) is 0. The normalized spacial score (nSPS) is 13.7. The quantitative estimate of drug-likeness (QED) is 0.481. The summed E-state index contributed by atoms with van der Waals surface area (Å²) < 4.78 is 5.26. The first-order valence-electron chi connectivity index (χ1n) is 2.41. The first-order valence-corrected chi connectivity index (χ1v) is 3.82. The summed E-state index contributed by atoms with van der Waals surface area (Å²) in [5.41, 5.74) is 0.0627. The van der Waals surface area contributed by atoms with Crippen molar-refractivity contribution < 1.29 is 4.52 Å². The lowest BCUT2D eigenvalue weighted by Gasteiger charge is -2.16. The van der Waals surface area contributed by atoms with Crippen molar-refractivity contribution in [3.8, 4) is 0 Å². The van der Waals surface area contributed by atoms with E-state index in [9.17, 15) is 0 Å². The second-order valence-electron chi connectivity index (χ2n) is 2.42. The largest absolute Gasteiger partial charge is 0.357 e. The Morgan fingerprint density at radius 3 is 1.71 bits per heavy atom. The topological polar surface area (TPSA) is 9.23 Å². The molecular weight excluding hydrogens is 107 g/mol. The van der Waals surface area contributed by atoms with E-state index in [1.54, 1.807) is 0 Å². The summed E-state index contributed by atoms with van der Waals surface area (Å²) in [4.78, 5) is 0. The maximum Gasteiger partial charge on any atom is 0.0637 e. The first-order chi connectivity index (χ1) is 3.06. The summed E-state index contributed by atoms with van der Waals surface area (Å²) in [7, 11) is 0.609. The maximum absolute atomic E-state index is 5.26. The Labute approximate surface area is 47.3 Å². The van der Waals surface area contributed by atoms with Gasteiger partial charge in [-0.25, -0.2) is 0 Å². The molecule has 1 nitrogen and oxygen atoms in total. The predicted molar refractivity (Wildman–Crippen MR) is 35.1 cm³/mol. The molecule has 44 valence electrons. The van der Waals surface area contributed by atoms with Gasteiger partial charge in [0.25, 0.3) is 0 Å². The Morgan fingerprint density at radius 2 is 1.71 bits per heavy atom. The van der Waals surface area contributed by atoms with Crippen LogP contribution in [0.3, 0.4) is 0 Å². The molecular formula is C5H13OP. The molecule has 1 atom stereocenters. The van der Waals surface area contributed by atoms with E-state index in [4.69, 9.17) is 4.52 Å². The van der Waals surface area contributed by atoms with Crippen molar-refractivity contribution in [1.82, 2.24) is 0 Å². The molecule has 2 heteroatoms. The second-order valence-corrected chi connectivity index (χ2v) is 3.03. The molecule has 0 aliphatic heterocycles. The lowest BCUT2D eigenvalue weighted by Crippen LogP contribution is -2.13. The predicted octanol–water partition coefficient (Wildman–Crippen LogP) is 2.02. The molecule has 0 fully saturated rings. The lowest BCUT2D eigenvalue weighted by atomic mass is 10.2. The van der Waals surface area contributed by atoms with Gasteiger partial charge in [-0.05, 0) is 27.4 Å². The van der Waals surface area contributed by atoms with Crippen molar-refractivity contribution in [2.24, 2.45) is 0 Å². The molecule has 0 saturated heterocycles. The van der Waals surface area contributed by atoms with E-state index < -0.39 is 0 Å². The van der Waals surface area contributed by atoms with Crippen LogP contribution >= 0.6 is 8.81 Å². The molecule has 0 bridgehead atoms. The van der Waals surface area contributed by atoms with Crippen molar-refractivity contribution in [2.75, 3.05) is 6.66 Å². The maximum atomic E-state index is 5.26. The van der Waals surface area contributed by atoms with Crippen LogP contribution in [0.15, 0.2) is 0 Å².